The topological polar surface area (TPSA) is 92.8 Å². The van der Waals surface area contributed by atoms with Crippen LogP contribution in [0, 0.1) is 0 Å². The fourth-order valence-corrected chi connectivity index (χ4v) is 2.53. The molecule has 7 nitrogen and oxygen atoms in total. The van der Waals surface area contributed by atoms with Crippen molar-refractivity contribution in [1.29, 1.82) is 0 Å². The molecule has 0 aliphatic carbocycles. The van der Waals surface area contributed by atoms with E-state index in [9.17, 15) is 18.0 Å². The minimum atomic E-state index is -3.12. The zero-order valence-corrected chi connectivity index (χ0v) is 13.8. The second-order valence-corrected chi connectivity index (χ2v) is 8.51. The summed E-state index contributed by atoms with van der Waals surface area (Å²) in [6.45, 7) is 5.82. The molecule has 1 aliphatic rings. The standard InChI is InChI=1S/C13H24N2O5S/c1-13(2,3)20-12(17)15-8-5-6-10(15)11(16)14-7-9-21(4,18)19/h10H,5-9H2,1-4H3,(H,14,16). The van der Waals surface area contributed by atoms with E-state index in [1.165, 1.54) is 4.90 Å². The van der Waals surface area contributed by atoms with Gasteiger partial charge in [-0.1, -0.05) is 0 Å². The van der Waals surface area contributed by atoms with Crippen LogP contribution in [0.5, 0.6) is 0 Å². The van der Waals surface area contributed by atoms with E-state index in [4.69, 9.17) is 4.74 Å². The van der Waals surface area contributed by atoms with Gasteiger partial charge in [0, 0.05) is 19.3 Å². The van der Waals surface area contributed by atoms with Gasteiger partial charge in [0.2, 0.25) is 5.91 Å². The highest BCUT2D eigenvalue weighted by atomic mass is 32.2. The van der Waals surface area contributed by atoms with E-state index in [1.54, 1.807) is 20.8 Å². The summed E-state index contributed by atoms with van der Waals surface area (Å²) >= 11 is 0. The van der Waals surface area contributed by atoms with Gasteiger partial charge in [0.25, 0.3) is 0 Å². The zero-order valence-electron chi connectivity index (χ0n) is 13.0. The highest BCUT2D eigenvalue weighted by Crippen LogP contribution is 2.20. The van der Waals surface area contributed by atoms with Gasteiger partial charge in [-0.15, -0.1) is 0 Å². The van der Waals surface area contributed by atoms with Crippen LogP contribution < -0.4 is 5.32 Å². The summed E-state index contributed by atoms with van der Waals surface area (Å²) in [7, 11) is -3.12. The first kappa shape index (κ1) is 17.7. The van der Waals surface area contributed by atoms with Crippen molar-refractivity contribution in [2.75, 3.05) is 25.1 Å². The SMILES string of the molecule is CC(C)(C)OC(=O)N1CCCC1C(=O)NCCS(C)(=O)=O. The Morgan fingerprint density at radius 3 is 2.48 bits per heavy atom. The Labute approximate surface area is 125 Å². The maximum absolute atomic E-state index is 12.1. The Morgan fingerprint density at radius 2 is 1.95 bits per heavy atom. The first-order valence-electron chi connectivity index (χ1n) is 6.95. The number of carbonyl (C=O) groups excluding carboxylic acids is 2. The molecule has 0 aromatic rings. The highest BCUT2D eigenvalue weighted by Gasteiger charge is 2.36. The first-order valence-corrected chi connectivity index (χ1v) is 9.01. The third kappa shape index (κ3) is 6.33. The third-order valence-electron chi connectivity index (χ3n) is 2.96. The Hall–Kier alpha value is -1.31. The molecule has 1 unspecified atom stereocenters. The van der Waals surface area contributed by atoms with Crippen molar-refractivity contribution in [2.45, 2.75) is 45.3 Å². The Bertz CT molecular complexity index is 495. The number of carbonyl (C=O) groups is 2. The number of ether oxygens (including phenoxy) is 1. The average molecular weight is 320 g/mol. The van der Waals surface area contributed by atoms with E-state index in [0.717, 1.165) is 12.7 Å². The number of sulfone groups is 1. The van der Waals surface area contributed by atoms with Crippen molar-refractivity contribution >= 4 is 21.8 Å². The summed E-state index contributed by atoms with van der Waals surface area (Å²) in [4.78, 5) is 25.5. The molecule has 1 aliphatic heterocycles. The van der Waals surface area contributed by atoms with Crippen LogP contribution in [0.25, 0.3) is 0 Å². The molecule has 0 bridgehead atoms. The van der Waals surface area contributed by atoms with E-state index in [0.29, 0.717) is 13.0 Å². The average Bonchev–Trinajstić information content (AvgIpc) is 2.73. The van der Waals surface area contributed by atoms with Crippen molar-refractivity contribution < 1.29 is 22.7 Å². The third-order valence-corrected chi connectivity index (χ3v) is 3.90. The van der Waals surface area contributed by atoms with Gasteiger partial charge in [-0.3, -0.25) is 9.69 Å². The fourth-order valence-electron chi connectivity index (χ4n) is 2.06. The molecule has 1 saturated heterocycles. The van der Waals surface area contributed by atoms with Crippen LogP contribution >= 0.6 is 0 Å². The molecule has 21 heavy (non-hydrogen) atoms. The van der Waals surface area contributed by atoms with Gasteiger partial charge in [-0.05, 0) is 33.6 Å². The summed E-state index contributed by atoms with van der Waals surface area (Å²) < 4.78 is 27.3. The summed E-state index contributed by atoms with van der Waals surface area (Å²) in [6, 6.07) is -0.584. The number of nitrogens with zero attached hydrogens (tertiary/aromatic N) is 1. The van der Waals surface area contributed by atoms with Gasteiger partial charge in [-0.2, -0.15) is 0 Å². The predicted molar refractivity (Wildman–Crippen MR) is 78.7 cm³/mol. The molecule has 1 N–H and O–H groups in total. The molecule has 8 heteroatoms. The van der Waals surface area contributed by atoms with Crippen LogP contribution in [0.2, 0.25) is 0 Å². The highest BCUT2D eigenvalue weighted by molar-refractivity contribution is 7.90. The van der Waals surface area contributed by atoms with Gasteiger partial charge in [-0.25, -0.2) is 13.2 Å². The summed E-state index contributed by atoms with van der Waals surface area (Å²) in [5.74, 6) is -0.445. The Morgan fingerprint density at radius 1 is 1.33 bits per heavy atom. The van der Waals surface area contributed by atoms with Crippen LogP contribution in [0.3, 0.4) is 0 Å². The van der Waals surface area contributed by atoms with Gasteiger partial charge in [0.15, 0.2) is 0 Å². The van der Waals surface area contributed by atoms with E-state index < -0.39 is 27.6 Å². The van der Waals surface area contributed by atoms with E-state index in [1.807, 2.05) is 0 Å². The second kappa shape index (κ2) is 6.64. The van der Waals surface area contributed by atoms with Crippen LogP contribution in [0.15, 0.2) is 0 Å². The number of hydrogen-bond acceptors (Lipinski definition) is 5. The summed E-state index contributed by atoms with van der Waals surface area (Å²) in [5.41, 5.74) is -0.614. The lowest BCUT2D eigenvalue weighted by Crippen LogP contribution is -2.48. The lowest BCUT2D eigenvalue weighted by molar-refractivity contribution is -0.125. The monoisotopic (exact) mass is 320 g/mol. The normalized spacial score (nSPS) is 19.4. The van der Waals surface area contributed by atoms with E-state index in [2.05, 4.69) is 5.32 Å². The number of nitrogens with one attached hydrogen (secondary N) is 1. The van der Waals surface area contributed by atoms with Crippen molar-refractivity contribution in [1.82, 2.24) is 10.2 Å². The quantitative estimate of drug-likeness (QED) is 0.816. The van der Waals surface area contributed by atoms with Gasteiger partial charge >= 0.3 is 6.09 Å². The maximum atomic E-state index is 12.1. The molecule has 1 heterocycles. The van der Waals surface area contributed by atoms with Crippen molar-refractivity contribution in [3.63, 3.8) is 0 Å². The molecule has 122 valence electrons. The lowest BCUT2D eigenvalue weighted by atomic mass is 10.2. The number of rotatable bonds is 4. The Kier molecular flexibility index (Phi) is 5.61. The number of amides is 2. The Balaban J connectivity index is 2.56. The molecular formula is C13H24N2O5S. The molecular weight excluding hydrogens is 296 g/mol. The molecule has 1 atom stereocenters. The second-order valence-electron chi connectivity index (χ2n) is 6.25. The molecule has 1 fully saturated rings. The molecule has 2 amide bonds. The maximum Gasteiger partial charge on any atom is 0.410 e. The zero-order chi connectivity index (χ0) is 16.3. The van der Waals surface area contributed by atoms with Gasteiger partial charge < -0.3 is 10.1 Å². The lowest BCUT2D eigenvalue weighted by Gasteiger charge is -2.28. The molecule has 0 aromatic carbocycles. The molecule has 1 rings (SSSR count). The van der Waals surface area contributed by atoms with Crippen LogP contribution in [-0.2, 0) is 19.4 Å². The van der Waals surface area contributed by atoms with E-state index in [-0.39, 0.29) is 18.2 Å². The molecule has 0 aromatic heterocycles. The molecule has 0 saturated carbocycles. The van der Waals surface area contributed by atoms with Crippen molar-refractivity contribution in [3.05, 3.63) is 0 Å². The minimum Gasteiger partial charge on any atom is -0.444 e. The fraction of sp³-hybridized carbons (Fsp3) is 0.846. The predicted octanol–water partition coefficient (Wildman–Crippen LogP) is 0.547. The molecule has 0 radical (unpaired) electrons. The summed E-state index contributed by atoms with van der Waals surface area (Å²) in [6.07, 6.45) is 1.89. The smallest absolute Gasteiger partial charge is 0.410 e. The van der Waals surface area contributed by atoms with Crippen LogP contribution in [-0.4, -0.2) is 62.1 Å². The van der Waals surface area contributed by atoms with Gasteiger partial charge in [0.1, 0.15) is 21.5 Å². The van der Waals surface area contributed by atoms with Crippen molar-refractivity contribution in [2.24, 2.45) is 0 Å². The van der Waals surface area contributed by atoms with Crippen LogP contribution in [0.4, 0.5) is 4.79 Å². The van der Waals surface area contributed by atoms with Crippen molar-refractivity contribution in [3.8, 4) is 0 Å². The summed E-state index contributed by atoms with van der Waals surface area (Å²) in [5, 5.41) is 2.56. The van der Waals surface area contributed by atoms with Gasteiger partial charge in [0.05, 0.1) is 5.75 Å². The first-order chi connectivity index (χ1) is 9.49. The number of hydrogen-bond donors (Lipinski definition) is 1. The minimum absolute atomic E-state index is 0.0519. The number of likely N-dealkylation sites (tertiary alicyclic amines) is 1. The van der Waals surface area contributed by atoms with E-state index >= 15 is 0 Å². The molecule has 0 spiro atoms. The largest absolute Gasteiger partial charge is 0.444 e. The van der Waals surface area contributed by atoms with Crippen LogP contribution in [0.1, 0.15) is 33.6 Å².